The first kappa shape index (κ1) is 6.08. The Kier molecular flexibility index (Phi) is 4.41. The maximum atomic E-state index is 3.65. The van der Waals surface area contributed by atoms with E-state index >= 15 is 0 Å². The van der Waals surface area contributed by atoms with Crippen molar-refractivity contribution in [3.63, 3.8) is 0 Å². The minimum absolute atomic E-state index is 1.46. The van der Waals surface area contributed by atoms with E-state index in [1.807, 2.05) is 0 Å². The second-order valence-corrected chi connectivity index (χ2v) is 0.888. The van der Waals surface area contributed by atoms with Crippen LogP contribution >= 0.6 is 0 Å². The van der Waals surface area contributed by atoms with Crippen LogP contribution in [0.2, 0.25) is 0 Å². The van der Waals surface area contributed by atoms with Crippen LogP contribution in [0.1, 0.15) is 0 Å². The molecule has 0 heterocycles. The highest BCUT2D eigenvalue weighted by Gasteiger charge is 1.53. The fourth-order valence-corrected chi connectivity index (χ4v) is 0.166. The smallest absolute Gasteiger partial charge is 0.0446 e. The van der Waals surface area contributed by atoms with Crippen LogP contribution in [0.3, 0.4) is 0 Å². The van der Waals surface area contributed by atoms with Crippen molar-refractivity contribution in [2.75, 3.05) is 7.05 Å². The van der Waals surface area contributed by atoms with Gasteiger partial charge in [-0.1, -0.05) is 6.58 Å². The van der Waals surface area contributed by atoms with Gasteiger partial charge in [0.1, 0.15) is 0 Å². The van der Waals surface area contributed by atoms with Gasteiger partial charge >= 0.3 is 0 Å². The lowest BCUT2D eigenvalue weighted by Crippen LogP contribution is -1.69. The Morgan fingerprint density at radius 1 is 1.43 bits per heavy atom. The Morgan fingerprint density at radius 2 is 2.14 bits per heavy atom. The van der Waals surface area contributed by atoms with Crippen molar-refractivity contribution in [1.29, 1.82) is 0 Å². The van der Waals surface area contributed by atoms with Gasteiger partial charge in [0.15, 0.2) is 0 Å². The summed E-state index contributed by atoms with van der Waals surface area (Å²) in [5.41, 5.74) is 0. The van der Waals surface area contributed by atoms with E-state index in [1.165, 1.54) is 6.20 Å². The summed E-state index contributed by atoms with van der Waals surface area (Å²) in [6.45, 7) is 3.37. The largest absolute Gasteiger partial charge is 0.295 e. The van der Waals surface area contributed by atoms with Crippen LogP contribution in [0.15, 0.2) is 22.8 Å². The molecule has 2 heteroatoms. The number of hydrogen-bond acceptors (Lipinski definition) is 2. The molecule has 0 unspecified atom stereocenters. The average Bonchev–Trinajstić information content (AvgIpc) is 1.69. The first-order chi connectivity index (χ1) is 3.41. The van der Waals surface area contributed by atoms with E-state index in [1.54, 1.807) is 19.5 Å². The zero-order chi connectivity index (χ0) is 5.54. The summed E-state index contributed by atoms with van der Waals surface area (Å²) in [7, 11) is 1.69. The van der Waals surface area contributed by atoms with Crippen molar-refractivity contribution in [2.24, 2.45) is 9.98 Å². The Balaban J connectivity index is 3.27. The summed E-state index contributed by atoms with van der Waals surface area (Å²) in [5, 5.41) is 0. The highest BCUT2D eigenvalue weighted by molar-refractivity contribution is 6.16. The minimum Gasteiger partial charge on any atom is -0.295 e. The van der Waals surface area contributed by atoms with Crippen molar-refractivity contribution in [3.8, 4) is 0 Å². The molecule has 0 spiro atoms. The van der Waals surface area contributed by atoms with Crippen LogP contribution in [-0.2, 0) is 0 Å². The van der Waals surface area contributed by atoms with Gasteiger partial charge in [0.05, 0.1) is 0 Å². The number of aliphatic imine (C=N–C) groups is 2. The fourth-order valence-electron chi connectivity index (χ4n) is 0.166. The maximum Gasteiger partial charge on any atom is 0.0446 e. The molecule has 0 N–H and O–H groups in total. The molecule has 0 radical (unpaired) electrons. The van der Waals surface area contributed by atoms with E-state index in [0.29, 0.717) is 0 Å². The molecule has 0 fully saturated rings. The van der Waals surface area contributed by atoms with Crippen LogP contribution in [-0.4, -0.2) is 19.5 Å². The Morgan fingerprint density at radius 3 is 2.57 bits per heavy atom. The second-order valence-electron chi connectivity index (χ2n) is 0.888. The van der Waals surface area contributed by atoms with E-state index in [2.05, 4.69) is 16.6 Å². The molecule has 0 saturated heterocycles. The molecular weight excluding hydrogens is 88.1 g/mol. The third kappa shape index (κ3) is 5.08. The van der Waals surface area contributed by atoms with Crippen molar-refractivity contribution in [1.82, 2.24) is 0 Å². The lowest BCUT2D eigenvalue weighted by molar-refractivity contribution is 1.48. The molecule has 0 saturated carbocycles. The predicted octanol–water partition coefficient (Wildman–Crippen LogP) is 0.901. The zero-order valence-corrected chi connectivity index (χ0v) is 4.33. The number of hydrogen-bond donors (Lipinski definition) is 0. The SMILES string of the molecule is C=CN=CC=NC. The molecule has 0 aromatic heterocycles. The molecule has 0 aliphatic rings. The third-order valence-corrected chi connectivity index (χ3v) is 0.407. The van der Waals surface area contributed by atoms with Gasteiger partial charge in [0, 0.05) is 25.7 Å². The van der Waals surface area contributed by atoms with E-state index in [9.17, 15) is 0 Å². The Bertz CT molecular complexity index is 92.3. The molecule has 38 valence electrons. The molecule has 7 heavy (non-hydrogen) atoms. The summed E-state index contributed by atoms with van der Waals surface area (Å²) in [6, 6.07) is 0. The van der Waals surface area contributed by atoms with Crippen molar-refractivity contribution < 1.29 is 0 Å². The van der Waals surface area contributed by atoms with Gasteiger partial charge in [-0.05, 0) is 0 Å². The number of rotatable bonds is 2. The zero-order valence-electron chi connectivity index (χ0n) is 4.33. The standard InChI is InChI=1S/C5H8N2/c1-3-7-5-4-6-2/h3-5H,1H2,2H3. The van der Waals surface area contributed by atoms with E-state index in [-0.39, 0.29) is 0 Å². The van der Waals surface area contributed by atoms with Gasteiger partial charge in [-0.3, -0.25) is 9.98 Å². The maximum absolute atomic E-state index is 3.65. The predicted molar refractivity (Wildman–Crippen MR) is 33.1 cm³/mol. The molecule has 0 amide bonds. The van der Waals surface area contributed by atoms with Gasteiger partial charge < -0.3 is 0 Å². The van der Waals surface area contributed by atoms with Gasteiger partial charge in [-0.25, -0.2) is 0 Å². The van der Waals surface area contributed by atoms with Crippen LogP contribution in [0.5, 0.6) is 0 Å². The van der Waals surface area contributed by atoms with Crippen molar-refractivity contribution in [3.05, 3.63) is 12.8 Å². The molecule has 0 rings (SSSR count). The molecule has 0 bridgehead atoms. The molecule has 0 atom stereocenters. The topological polar surface area (TPSA) is 24.7 Å². The van der Waals surface area contributed by atoms with Gasteiger partial charge in [0.2, 0.25) is 0 Å². The van der Waals surface area contributed by atoms with Gasteiger partial charge in [-0.15, -0.1) is 0 Å². The summed E-state index contributed by atoms with van der Waals surface area (Å²) in [5.74, 6) is 0. The molecule has 0 aliphatic heterocycles. The van der Waals surface area contributed by atoms with Crippen LogP contribution in [0.25, 0.3) is 0 Å². The van der Waals surface area contributed by atoms with Crippen LogP contribution < -0.4 is 0 Å². The summed E-state index contributed by atoms with van der Waals surface area (Å²) >= 11 is 0. The lowest BCUT2D eigenvalue weighted by Gasteiger charge is -1.66. The first-order valence-electron chi connectivity index (χ1n) is 1.96. The molecule has 0 aliphatic carbocycles. The molecule has 0 aromatic carbocycles. The van der Waals surface area contributed by atoms with Crippen molar-refractivity contribution in [2.45, 2.75) is 0 Å². The van der Waals surface area contributed by atoms with E-state index < -0.39 is 0 Å². The Hall–Kier alpha value is -0.920. The van der Waals surface area contributed by atoms with Gasteiger partial charge in [-0.2, -0.15) is 0 Å². The van der Waals surface area contributed by atoms with Crippen LogP contribution in [0.4, 0.5) is 0 Å². The van der Waals surface area contributed by atoms with Crippen LogP contribution in [0, 0.1) is 0 Å². The highest BCUT2D eigenvalue weighted by atomic mass is 14.7. The summed E-state index contributed by atoms with van der Waals surface area (Å²) in [4.78, 5) is 7.30. The Labute approximate surface area is 43.3 Å². The molecular formula is C5H8N2. The van der Waals surface area contributed by atoms with Crippen molar-refractivity contribution >= 4 is 12.4 Å². The molecule has 2 nitrogen and oxygen atoms in total. The number of nitrogens with zero attached hydrogens (tertiary/aromatic N) is 2. The minimum atomic E-state index is 1.46. The third-order valence-electron chi connectivity index (χ3n) is 0.407. The quantitative estimate of drug-likeness (QED) is 0.456. The first-order valence-corrected chi connectivity index (χ1v) is 1.96. The highest BCUT2D eigenvalue weighted by Crippen LogP contribution is 1.58. The van der Waals surface area contributed by atoms with E-state index in [0.717, 1.165) is 0 Å². The van der Waals surface area contributed by atoms with E-state index in [4.69, 9.17) is 0 Å². The second kappa shape index (κ2) is 5.08. The average molecular weight is 96.1 g/mol. The molecule has 0 aromatic rings. The van der Waals surface area contributed by atoms with Gasteiger partial charge in [0.25, 0.3) is 0 Å². The summed E-state index contributed by atoms with van der Waals surface area (Å²) in [6.07, 6.45) is 4.64. The normalized spacial score (nSPS) is 11.0. The lowest BCUT2D eigenvalue weighted by atomic mass is 10.8. The fraction of sp³-hybridized carbons (Fsp3) is 0.200. The monoisotopic (exact) mass is 96.1 g/mol. The summed E-state index contributed by atoms with van der Waals surface area (Å²) < 4.78 is 0.